The monoisotopic (exact) mass is 519 g/mol. The SMILES string of the molecule is O=C(/C=C/c1ccc(-c2ccc(Cl)cc2)o1)Nc1ccc2oc(-c3cncc(Br)c3)nc2c1. The number of amides is 1. The Kier molecular flexibility index (Phi) is 5.81. The Hall–Kier alpha value is -3.68. The number of nitrogens with zero attached hydrogens (tertiary/aromatic N) is 2. The Morgan fingerprint density at radius 2 is 1.82 bits per heavy atom. The van der Waals surface area contributed by atoms with Crippen molar-refractivity contribution in [2.45, 2.75) is 0 Å². The van der Waals surface area contributed by atoms with Crippen molar-refractivity contribution in [1.82, 2.24) is 9.97 Å². The maximum Gasteiger partial charge on any atom is 0.248 e. The van der Waals surface area contributed by atoms with Crippen LogP contribution in [-0.4, -0.2) is 15.9 Å². The second-order valence-corrected chi connectivity index (χ2v) is 8.48. The quantitative estimate of drug-likeness (QED) is 0.247. The zero-order chi connectivity index (χ0) is 22.8. The predicted molar refractivity (Wildman–Crippen MR) is 132 cm³/mol. The highest BCUT2D eigenvalue weighted by Gasteiger charge is 2.10. The lowest BCUT2D eigenvalue weighted by Gasteiger charge is -2.00. The Labute approximate surface area is 202 Å². The van der Waals surface area contributed by atoms with Gasteiger partial charge >= 0.3 is 0 Å². The highest BCUT2D eigenvalue weighted by Crippen LogP contribution is 2.27. The molecule has 0 aliphatic carbocycles. The Morgan fingerprint density at radius 1 is 0.970 bits per heavy atom. The van der Waals surface area contributed by atoms with Crippen LogP contribution < -0.4 is 5.32 Å². The molecule has 1 N–H and O–H groups in total. The molecular formula is C25H15BrClN3O3. The molecule has 0 aliphatic rings. The van der Waals surface area contributed by atoms with Crippen molar-refractivity contribution in [1.29, 1.82) is 0 Å². The molecule has 33 heavy (non-hydrogen) atoms. The van der Waals surface area contributed by atoms with Gasteiger partial charge in [-0.15, -0.1) is 0 Å². The molecule has 0 unspecified atom stereocenters. The molecule has 5 aromatic rings. The van der Waals surface area contributed by atoms with E-state index in [9.17, 15) is 4.79 Å². The zero-order valence-corrected chi connectivity index (χ0v) is 19.3. The van der Waals surface area contributed by atoms with Gasteiger partial charge in [-0.05, 0) is 82.7 Å². The van der Waals surface area contributed by atoms with E-state index in [0.29, 0.717) is 39.2 Å². The molecular weight excluding hydrogens is 506 g/mol. The maximum absolute atomic E-state index is 12.4. The number of nitrogens with one attached hydrogen (secondary N) is 1. The Morgan fingerprint density at radius 3 is 2.64 bits per heavy atom. The van der Waals surface area contributed by atoms with Gasteiger partial charge in [-0.25, -0.2) is 4.98 Å². The molecule has 5 rings (SSSR count). The van der Waals surface area contributed by atoms with Crippen LogP contribution in [0, 0.1) is 0 Å². The minimum Gasteiger partial charge on any atom is -0.457 e. The number of anilines is 1. The van der Waals surface area contributed by atoms with Crippen molar-refractivity contribution in [3.8, 4) is 22.8 Å². The molecule has 8 heteroatoms. The van der Waals surface area contributed by atoms with Crippen molar-refractivity contribution >= 4 is 56.3 Å². The molecule has 0 radical (unpaired) electrons. The smallest absolute Gasteiger partial charge is 0.248 e. The highest BCUT2D eigenvalue weighted by molar-refractivity contribution is 9.10. The summed E-state index contributed by atoms with van der Waals surface area (Å²) in [5, 5.41) is 3.48. The number of halogens is 2. The second kappa shape index (κ2) is 9.05. The summed E-state index contributed by atoms with van der Waals surface area (Å²) in [5.41, 5.74) is 3.51. The first kappa shape index (κ1) is 21.2. The van der Waals surface area contributed by atoms with E-state index in [-0.39, 0.29) is 5.91 Å². The van der Waals surface area contributed by atoms with Crippen LogP contribution in [0.2, 0.25) is 5.02 Å². The number of fused-ring (bicyclic) bond motifs is 1. The standard InChI is InChI=1S/C25H15BrClN3O3/c26-17-11-16(13-28-14-17)25-30-21-12-19(5-8-23(21)33-25)29-24(31)10-7-20-6-9-22(32-20)15-1-3-18(27)4-2-15/h1-14H,(H,29,31)/b10-7+. The van der Waals surface area contributed by atoms with Crippen LogP contribution in [0.3, 0.4) is 0 Å². The van der Waals surface area contributed by atoms with Crippen LogP contribution >= 0.6 is 27.5 Å². The van der Waals surface area contributed by atoms with Gasteiger partial charge in [0.15, 0.2) is 5.58 Å². The zero-order valence-electron chi connectivity index (χ0n) is 17.0. The highest BCUT2D eigenvalue weighted by atomic mass is 79.9. The number of rotatable bonds is 5. The molecule has 0 fully saturated rings. The third-order valence-corrected chi connectivity index (χ3v) is 5.45. The van der Waals surface area contributed by atoms with Crippen molar-refractivity contribution in [3.05, 3.63) is 94.4 Å². The first-order valence-corrected chi connectivity index (χ1v) is 11.1. The number of aromatic nitrogens is 2. The van der Waals surface area contributed by atoms with Crippen LogP contribution in [0.15, 0.2) is 92.4 Å². The molecule has 0 atom stereocenters. The summed E-state index contributed by atoms with van der Waals surface area (Å²) in [6.45, 7) is 0. The third kappa shape index (κ3) is 4.89. The van der Waals surface area contributed by atoms with Crippen LogP contribution in [0.25, 0.3) is 40.0 Å². The normalized spacial score (nSPS) is 11.3. The summed E-state index contributed by atoms with van der Waals surface area (Å²) in [5.74, 6) is 1.42. The predicted octanol–water partition coefficient (Wildman–Crippen LogP) is 7.22. The van der Waals surface area contributed by atoms with E-state index in [1.807, 2.05) is 24.3 Å². The summed E-state index contributed by atoms with van der Waals surface area (Å²) in [6.07, 6.45) is 6.39. The van der Waals surface area contributed by atoms with Gasteiger partial charge in [0.2, 0.25) is 11.8 Å². The summed E-state index contributed by atoms with van der Waals surface area (Å²) in [4.78, 5) is 21.0. The van der Waals surface area contributed by atoms with E-state index in [0.717, 1.165) is 15.6 Å². The maximum atomic E-state index is 12.4. The minimum atomic E-state index is -0.293. The fraction of sp³-hybridized carbons (Fsp3) is 0. The van der Waals surface area contributed by atoms with E-state index >= 15 is 0 Å². The van der Waals surface area contributed by atoms with E-state index < -0.39 is 0 Å². The van der Waals surface area contributed by atoms with E-state index in [1.165, 1.54) is 6.08 Å². The number of hydrogen-bond donors (Lipinski definition) is 1. The number of furan rings is 1. The summed E-state index contributed by atoms with van der Waals surface area (Å²) < 4.78 is 12.4. The van der Waals surface area contributed by atoms with Crippen LogP contribution in [-0.2, 0) is 4.79 Å². The van der Waals surface area contributed by atoms with Gasteiger partial charge in [0.25, 0.3) is 0 Å². The van der Waals surface area contributed by atoms with Crippen LogP contribution in [0.5, 0.6) is 0 Å². The third-order valence-electron chi connectivity index (χ3n) is 4.76. The van der Waals surface area contributed by atoms with Crippen molar-refractivity contribution < 1.29 is 13.6 Å². The molecule has 2 aromatic carbocycles. The molecule has 6 nitrogen and oxygen atoms in total. The number of oxazole rings is 1. The largest absolute Gasteiger partial charge is 0.457 e. The van der Waals surface area contributed by atoms with Gasteiger partial charge in [-0.2, -0.15) is 0 Å². The van der Waals surface area contributed by atoms with Gasteiger partial charge in [0.05, 0.1) is 5.56 Å². The average Bonchev–Trinajstić information content (AvgIpc) is 3.45. The molecule has 1 amide bonds. The fourth-order valence-corrected chi connectivity index (χ4v) is 3.70. The number of carbonyl (C=O) groups excluding carboxylic acids is 1. The number of benzene rings is 2. The summed E-state index contributed by atoms with van der Waals surface area (Å²) >= 11 is 9.31. The van der Waals surface area contributed by atoms with Crippen LogP contribution in [0.1, 0.15) is 5.76 Å². The molecule has 162 valence electrons. The molecule has 3 heterocycles. The topological polar surface area (TPSA) is 81.2 Å². The molecule has 0 saturated carbocycles. The fourth-order valence-electron chi connectivity index (χ4n) is 3.21. The lowest BCUT2D eigenvalue weighted by molar-refractivity contribution is -0.111. The van der Waals surface area contributed by atoms with Crippen molar-refractivity contribution in [2.24, 2.45) is 0 Å². The summed E-state index contributed by atoms with van der Waals surface area (Å²) in [6, 6.07) is 18.1. The van der Waals surface area contributed by atoms with Crippen molar-refractivity contribution in [3.63, 3.8) is 0 Å². The Balaban J connectivity index is 1.28. The lowest BCUT2D eigenvalue weighted by Crippen LogP contribution is -2.07. The van der Waals surface area contributed by atoms with Gasteiger partial charge in [-0.3, -0.25) is 9.78 Å². The van der Waals surface area contributed by atoms with Gasteiger partial charge in [0.1, 0.15) is 17.0 Å². The second-order valence-electron chi connectivity index (χ2n) is 7.12. The minimum absolute atomic E-state index is 0.293. The molecule has 0 aliphatic heterocycles. The molecule has 0 spiro atoms. The summed E-state index contributed by atoms with van der Waals surface area (Å²) in [7, 11) is 0. The average molecular weight is 521 g/mol. The van der Waals surface area contributed by atoms with E-state index in [4.69, 9.17) is 20.4 Å². The molecule has 3 aromatic heterocycles. The molecule has 0 bridgehead atoms. The lowest BCUT2D eigenvalue weighted by atomic mass is 10.2. The first-order chi connectivity index (χ1) is 16.0. The van der Waals surface area contributed by atoms with Gasteiger partial charge in [-0.1, -0.05) is 11.6 Å². The van der Waals surface area contributed by atoms with Gasteiger partial charge < -0.3 is 14.2 Å². The van der Waals surface area contributed by atoms with Crippen LogP contribution in [0.4, 0.5) is 5.69 Å². The van der Waals surface area contributed by atoms with E-state index in [2.05, 4.69) is 31.2 Å². The Bertz CT molecular complexity index is 1490. The number of hydrogen-bond acceptors (Lipinski definition) is 5. The molecule has 0 saturated heterocycles. The van der Waals surface area contributed by atoms with Crippen molar-refractivity contribution in [2.75, 3.05) is 5.32 Å². The number of carbonyl (C=O) groups is 1. The van der Waals surface area contributed by atoms with E-state index in [1.54, 1.807) is 54.9 Å². The van der Waals surface area contributed by atoms with Gasteiger partial charge in [0, 0.05) is 39.2 Å². The number of pyridine rings is 1. The first-order valence-electron chi connectivity index (χ1n) is 9.90.